The van der Waals surface area contributed by atoms with Gasteiger partial charge in [-0.05, 0) is 17.7 Å². The van der Waals surface area contributed by atoms with Gasteiger partial charge in [-0.2, -0.15) is 0 Å². The first-order chi connectivity index (χ1) is 8.78. The number of piperazine rings is 1. The van der Waals surface area contributed by atoms with E-state index in [-0.39, 0.29) is 5.82 Å². The number of halogens is 1. The molecule has 0 radical (unpaired) electrons. The van der Waals surface area contributed by atoms with E-state index in [0.717, 1.165) is 45.9 Å². The fourth-order valence-electron chi connectivity index (χ4n) is 2.24. The molecule has 0 spiro atoms. The van der Waals surface area contributed by atoms with E-state index in [1.807, 2.05) is 12.1 Å². The molecule has 0 aliphatic carbocycles. The number of nitrogens with zero attached hydrogens (tertiary/aromatic N) is 2. The molecule has 1 fully saturated rings. The van der Waals surface area contributed by atoms with Crippen LogP contribution in [-0.4, -0.2) is 56.2 Å². The molecule has 1 saturated heterocycles. The summed E-state index contributed by atoms with van der Waals surface area (Å²) in [5, 5.41) is 0. The minimum atomic E-state index is -0.164. The van der Waals surface area contributed by atoms with Gasteiger partial charge in [-0.3, -0.25) is 9.80 Å². The Balaban J connectivity index is 1.74. The van der Waals surface area contributed by atoms with Gasteiger partial charge >= 0.3 is 0 Å². The maximum atomic E-state index is 12.8. The first-order valence-electron chi connectivity index (χ1n) is 6.46. The van der Waals surface area contributed by atoms with E-state index in [0.29, 0.717) is 0 Å². The summed E-state index contributed by atoms with van der Waals surface area (Å²) in [7, 11) is 1.74. The second kappa shape index (κ2) is 6.83. The summed E-state index contributed by atoms with van der Waals surface area (Å²) in [6, 6.07) is 6.80. The van der Waals surface area contributed by atoms with E-state index in [9.17, 15) is 4.39 Å². The Kier molecular flexibility index (Phi) is 5.11. The molecule has 1 heterocycles. The Hall–Kier alpha value is -0.970. The zero-order chi connectivity index (χ0) is 12.8. The third kappa shape index (κ3) is 4.05. The molecule has 0 N–H and O–H groups in total. The highest BCUT2D eigenvalue weighted by molar-refractivity contribution is 5.15. The molecule has 0 aromatic heterocycles. The highest BCUT2D eigenvalue weighted by Gasteiger charge is 2.16. The Morgan fingerprint density at radius 2 is 1.67 bits per heavy atom. The molecule has 0 atom stereocenters. The molecule has 2 rings (SSSR count). The van der Waals surface area contributed by atoms with Crippen molar-refractivity contribution in [3.05, 3.63) is 35.6 Å². The third-order valence-corrected chi connectivity index (χ3v) is 3.40. The van der Waals surface area contributed by atoms with Crippen LogP contribution in [0.1, 0.15) is 5.56 Å². The van der Waals surface area contributed by atoms with Gasteiger partial charge in [0.2, 0.25) is 0 Å². The van der Waals surface area contributed by atoms with Gasteiger partial charge in [0.15, 0.2) is 0 Å². The lowest BCUT2D eigenvalue weighted by Gasteiger charge is -2.34. The van der Waals surface area contributed by atoms with Gasteiger partial charge in [0.05, 0.1) is 6.61 Å². The molecule has 1 aromatic rings. The van der Waals surface area contributed by atoms with Crippen molar-refractivity contribution in [1.82, 2.24) is 9.80 Å². The molecule has 1 aromatic carbocycles. The molecule has 1 aliphatic rings. The van der Waals surface area contributed by atoms with Crippen LogP contribution in [0.3, 0.4) is 0 Å². The van der Waals surface area contributed by atoms with Crippen LogP contribution in [0.5, 0.6) is 0 Å². The number of rotatable bonds is 5. The van der Waals surface area contributed by atoms with Gasteiger partial charge in [0.25, 0.3) is 0 Å². The molecule has 3 nitrogen and oxygen atoms in total. The Morgan fingerprint density at radius 3 is 2.28 bits per heavy atom. The van der Waals surface area contributed by atoms with Crippen LogP contribution in [-0.2, 0) is 11.3 Å². The minimum absolute atomic E-state index is 0.164. The van der Waals surface area contributed by atoms with E-state index in [2.05, 4.69) is 9.80 Å². The molecule has 0 saturated carbocycles. The first-order valence-corrected chi connectivity index (χ1v) is 6.46. The van der Waals surface area contributed by atoms with Crippen molar-refractivity contribution in [3.8, 4) is 0 Å². The van der Waals surface area contributed by atoms with Gasteiger partial charge in [0.1, 0.15) is 5.82 Å². The van der Waals surface area contributed by atoms with Crippen molar-refractivity contribution in [3.63, 3.8) is 0 Å². The van der Waals surface area contributed by atoms with Crippen LogP contribution in [0.4, 0.5) is 4.39 Å². The van der Waals surface area contributed by atoms with E-state index in [4.69, 9.17) is 4.74 Å². The minimum Gasteiger partial charge on any atom is -0.383 e. The van der Waals surface area contributed by atoms with Gasteiger partial charge in [-0.1, -0.05) is 12.1 Å². The molecule has 4 heteroatoms. The predicted octanol–water partition coefficient (Wildman–Crippen LogP) is 1.59. The summed E-state index contributed by atoms with van der Waals surface area (Å²) in [4.78, 5) is 4.83. The number of hydrogen-bond acceptors (Lipinski definition) is 3. The molecule has 1 aliphatic heterocycles. The number of hydrogen-bond donors (Lipinski definition) is 0. The lowest BCUT2D eigenvalue weighted by molar-refractivity contribution is 0.0938. The molecule has 18 heavy (non-hydrogen) atoms. The van der Waals surface area contributed by atoms with Crippen LogP contribution in [0.15, 0.2) is 24.3 Å². The molecule has 0 unspecified atom stereocenters. The fraction of sp³-hybridized carbons (Fsp3) is 0.571. The Bertz CT molecular complexity index is 347. The monoisotopic (exact) mass is 252 g/mol. The number of benzene rings is 1. The van der Waals surface area contributed by atoms with Crippen LogP contribution in [0, 0.1) is 5.82 Å². The lowest BCUT2D eigenvalue weighted by Crippen LogP contribution is -2.46. The van der Waals surface area contributed by atoms with E-state index < -0.39 is 0 Å². The van der Waals surface area contributed by atoms with Gasteiger partial charge in [0, 0.05) is 46.4 Å². The summed E-state index contributed by atoms with van der Waals surface area (Å²) in [6.07, 6.45) is 0. The van der Waals surface area contributed by atoms with E-state index >= 15 is 0 Å². The highest BCUT2D eigenvalue weighted by Crippen LogP contribution is 2.09. The van der Waals surface area contributed by atoms with Crippen LogP contribution < -0.4 is 0 Å². The summed E-state index contributed by atoms with van der Waals surface area (Å²) in [6.45, 7) is 7.05. The van der Waals surface area contributed by atoms with Gasteiger partial charge < -0.3 is 4.74 Å². The smallest absolute Gasteiger partial charge is 0.123 e. The van der Waals surface area contributed by atoms with Crippen molar-refractivity contribution < 1.29 is 9.13 Å². The quantitative estimate of drug-likeness (QED) is 0.791. The molecule has 100 valence electrons. The Labute approximate surface area is 108 Å². The standard InChI is InChI=1S/C14H21FN2O/c1-18-11-10-16-6-8-17(9-7-16)12-13-2-4-14(15)5-3-13/h2-5H,6-12H2,1H3. The topological polar surface area (TPSA) is 15.7 Å². The van der Waals surface area contributed by atoms with E-state index in [1.54, 1.807) is 7.11 Å². The van der Waals surface area contributed by atoms with Crippen molar-refractivity contribution in [2.45, 2.75) is 6.54 Å². The second-order valence-electron chi connectivity index (χ2n) is 4.74. The van der Waals surface area contributed by atoms with Crippen LogP contribution in [0.2, 0.25) is 0 Å². The summed E-state index contributed by atoms with van der Waals surface area (Å²) in [5.74, 6) is -0.164. The van der Waals surface area contributed by atoms with E-state index in [1.165, 1.54) is 17.7 Å². The maximum absolute atomic E-state index is 12.8. The second-order valence-corrected chi connectivity index (χ2v) is 4.74. The lowest BCUT2D eigenvalue weighted by atomic mass is 10.2. The highest BCUT2D eigenvalue weighted by atomic mass is 19.1. The average Bonchev–Trinajstić information content (AvgIpc) is 2.41. The number of methoxy groups -OCH3 is 1. The SMILES string of the molecule is COCCN1CCN(Cc2ccc(F)cc2)CC1. The van der Waals surface area contributed by atoms with Crippen molar-refractivity contribution in [2.75, 3.05) is 46.4 Å². The van der Waals surface area contributed by atoms with Crippen LogP contribution >= 0.6 is 0 Å². The zero-order valence-electron chi connectivity index (χ0n) is 10.9. The largest absolute Gasteiger partial charge is 0.383 e. The maximum Gasteiger partial charge on any atom is 0.123 e. The van der Waals surface area contributed by atoms with Gasteiger partial charge in [-0.15, -0.1) is 0 Å². The molecular weight excluding hydrogens is 231 g/mol. The van der Waals surface area contributed by atoms with Crippen LogP contribution in [0.25, 0.3) is 0 Å². The molecule has 0 amide bonds. The number of ether oxygens (including phenoxy) is 1. The zero-order valence-corrected chi connectivity index (χ0v) is 10.9. The predicted molar refractivity (Wildman–Crippen MR) is 70.0 cm³/mol. The molecule has 0 bridgehead atoms. The first kappa shape index (κ1) is 13.5. The fourth-order valence-corrected chi connectivity index (χ4v) is 2.24. The summed E-state index contributed by atoms with van der Waals surface area (Å²) in [5.41, 5.74) is 1.18. The molecular formula is C14H21FN2O. The van der Waals surface area contributed by atoms with Crippen molar-refractivity contribution in [2.24, 2.45) is 0 Å². The average molecular weight is 252 g/mol. The van der Waals surface area contributed by atoms with Crippen molar-refractivity contribution >= 4 is 0 Å². The van der Waals surface area contributed by atoms with Gasteiger partial charge in [-0.25, -0.2) is 4.39 Å². The Morgan fingerprint density at radius 1 is 1.06 bits per heavy atom. The third-order valence-electron chi connectivity index (χ3n) is 3.40. The summed E-state index contributed by atoms with van der Waals surface area (Å²) < 4.78 is 17.9. The van der Waals surface area contributed by atoms with Crippen molar-refractivity contribution in [1.29, 1.82) is 0 Å². The summed E-state index contributed by atoms with van der Waals surface area (Å²) >= 11 is 0. The normalized spacial score (nSPS) is 18.1.